The Bertz CT molecular complexity index is 491. The number of nitrogens with one attached hydrogen (secondary N) is 2. The van der Waals surface area contributed by atoms with Crippen LogP contribution in [0.3, 0.4) is 0 Å². The lowest BCUT2D eigenvalue weighted by molar-refractivity contribution is -0.119. The fourth-order valence-electron chi connectivity index (χ4n) is 1.83. The Morgan fingerprint density at radius 2 is 2.05 bits per heavy atom. The van der Waals surface area contributed by atoms with E-state index in [1.165, 1.54) is 6.92 Å². The summed E-state index contributed by atoms with van der Waals surface area (Å²) in [6.45, 7) is 3.73. The fourth-order valence-corrected chi connectivity index (χ4v) is 2.06. The molecule has 1 atom stereocenters. The minimum absolute atomic E-state index is 0.113. The van der Waals surface area contributed by atoms with E-state index in [0.717, 1.165) is 12.8 Å². The molecule has 20 heavy (non-hydrogen) atoms. The molecule has 6 heteroatoms. The van der Waals surface area contributed by atoms with Crippen molar-refractivity contribution in [2.45, 2.75) is 26.7 Å². The summed E-state index contributed by atoms with van der Waals surface area (Å²) in [5, 5.41) is 5.76. The number of halogens is 1. The lowest BCUT2D eigenvalue weighted by Gasteiger charge is -2.14. The minimum Gasteiger partial charge on any atom is -0.330 e. The Hall–Kier alpha value is -1.59. The van der Waals surface area contributed by atoms with Crippen molar-refractivity contribution in [3.8, 4) is 0 Å². The van der Waals surface area contributed by atoms with Crippen LogP contribution in [0.15, 0.2) is 18.2 Å². The molecule has 0 heterocycles. The van der Waals surface area contributed by atoms with Crippen LogP contribution in [-0.4, -0.2) is 18.4 Å². The first-order valence-electron chi connectivity index (χ1n) is 6.56. The summed E-state index contributed by atoms with van der Waals surface area (Å²) in [6.07, 6.45) is 1.65. The maximum atomic E-state index is 12.0. The lowest BCUT2D eigenvalue weighted by Crippen LogP contribution is -2.29. The predicted molar refractivity (Wildman–Crippen MR) is 81.8 cm³/mol. The first-order valence-corrected chi connectivity index (χ1v) is 6.93. The van der Waals surface area contributed by atoms with Crippen molar-refractivity contribution in [2.24, 2.45) is 11.7 Å². The molecule has 110 valence electrons. The Morgan fingerprint density at radius 1 is 1.35 bits per heavy atom. The van der Waals surface area contributed by atoms with Crippen molar-refractivity contribution in [1.82, 2.24) is 0 Å². The van der Waals surface area contributed by atoms with Gasteiger partial charge in [0.25, 0.3) is 0 Å². The van der Waals surface area contributed by atoms with E-state index in [2.05, 4.69) is 10.6 Å². The molecule has 0 bridgehead atoms. The van der Waals surface area contributed by atoms with Gasteiger partial charge in [-0.1, -0.05) is 24.9 Å². The smallest absolute Gasteiger partial charge is 0.228 e. The molecule has 0 fully saturated rings. The van der Waals surface area contributed by atoms with Gasteiger partial charge < -0.3 is 16.4 Å². The number of anilines is 2. The van der Waals surface area contributed by atoms with Crippen LogP contribution in [0.1, 0.15) is 26.7 Å². The highest BCUT2D eigenvalue weighted by atomic mass is 35.5. The van der Waals surface area contributed by atoms with Crippen LogP contribution in [0.4, 0.5) is 11.4 Å². The number of nitrogens with two attached hydrogens (primary N) is 1. The van der Waals surface area contributed by atoms with Crippen molar-refractivity contribution in [2.75, 3.05) is 17.2 Å². The van der Waals surface area contributed by atoms with Gasteiger partial charge >= 0.3 is 0 Å². The largest absolute Gasteiger partial charge is 0.330 e. The van der Waals surface area contributed by atoms with Crippen LogP contribution in [0.5, 0.6) is 0 Å². The molecule has 1 rings (SSSR count). The summed E-state index contributed by atoms with van der Waals surface area (Å²) in [5.41, 5.74) is 6.69. The van der Waals surface area contributed by atoms with Gasteiger partial charge in [0.2, 0.25) is 11.8 Å². The standard InChI is InChI=1S/C14H20ClN3O2/c1-3-4-10(8-16)14(20)18-11-5-6-13(12(15)7-11)17-9(2)19/h5-7,10H,3-4,8,16H2,1-2H3,(H,17,19)(H,18,20). The molecule has 0 saturated heterocycles. The van der Waals surface area contributed by atoms with Gasteiger partial charge in [0.1, 0.15) is 0 Å². The summed E-state index contributed by atoms with van der Waals surface area (Å²) in [6, 6.07) is 4.94. The van der Waals surface area contributed by atoms with Crippen LogP contribution in [0, 0.1) is 5.92 Å². The molecular formula is C14H20ClN3O2. The molecule has 0 spiro atoms. The number of hydrogen-bond acceptors (Lipinski definition) is 3. The van der Waals surface area contributed by atoms with Gasteiger partial charge in [-0.15, -0.1) is 0 Å². The molecule has 1 aromatic carbocycles. The normalized spacial score (nSPS) is 11.8. The van der Waals surface area contributed by atoms with Gasteiger partial charge in [-0.2, -0.15) is 0 Å². The number of benzene rings is 1. The number of hydrogen-bond donors (Lipinski definition) is 3. The van der Waals surface area contributed by atoms with E-state index in [1.807, 2.05) is 6.92 Å². The molecule has 4 N–H and O–H groups in total. The third-order valence-electron chi connectivity index (χ3n) is 2.84. The second-order valence-electron chi connectivity index (χ2n) is 4.59. The highest BCUT2D eigenvalue weighted by Crippen LogP contribution is 2.25. The molecule has 1 unspecified atom stereocenters. The third-order valence-corrected chi connectivity index (χ3v) is 3.15. The van der Waals surface area contributed by atoms with Crippen molar-refractivity contribution >= 4 is 34.8 Å². The summed E-state index contributed by atoms with van der Waals surface area (Å²) in [7, 11) is 0. The Balaban J connectivity index is 2.76. The van der Waals surface area contributed by atoms with Gasteiger partial charge in [0, 0.05) is 19.2 Å². The Morgan fingerprint density at radius 3 is 2.55 bits per heavy atom. The average Bonchev–Trinajstić information content (AvgIpc) is 2.38. The van der Waals surface area contributed by atoms with Crippen molar-refractivity contribution in [1.29, 1.82) is 0 Å². The van der Waals surface area contributed by atoms with Gasteiger partial charge in [0.15, 0.2) is 0 Å². The van der Waals surface area contributed by atoms with E-state index in [1.54, 1.807) is 18.2 Å². The van der Waals surface area contributed by atoms with Crippen LogP contribution in [0.25, 0.3) is 0 Å². The van der Waals surface area contributed by atoms with E-state index in [4.69, 9.17) is 17.3 Å². The quantitative estimate of drug-likeness (QED) is 0.754. The first-order chi connectivity index (χ1) is 9.47. The molecule has 2 amide bonds. The van der Waals surface area contributed by atoms with Crippen molar-refractivity contribution in [3.63, 3.8) is 0 Å². The molecule has 0 radical (unpaired) electrons. The molecule has 0 saturated carbocycles. The molecular weight excluding hydrogens is 278 g/mol. The van der Waals surface area contributed by atoms with E-state index in [0.29, 0.717) is 22.9 Å². The molecule has 0 aromatic heterocycles. The van der Waals surface area contributed by atoms with Crippen LogP contribution >= 0.6 is 11.6 Å². The van der Waals surface area contributed by atoms with Gasteiger partial charge in [-0.05, 0) is 24.6 Å². The molecule has 0 aliphatic heterocycles. The number of carbonyl (C=O) groups excluding carboxylic acids is 2. The minimum atomic E-state index is -0.200. The first kappa shape index (κ1) is 16.5. The molecule has 5 nitrogen and oxygen atoms in total. The molecule has 0 aliphatic rings. The summed E-state index contributed by atoms with van der Waals surface area (Å²) in [5.74, 6) is -0.513. The molecule has 0 aliphatic carbocycles. The third kappa shape index (κ3) is 4.83. The Labute approximate surface area is 123 Å². The van der Waals surface area contributed by atoms with Crippen LogP contribution in [-0.2, 0) is 9.59 Å². The van der Waals surface area contributed by atoms with Gasteiger partial charge in [-0.25, -0.2) is 0 Å². The predicted octanol–water partition coefficient (Wildman–Crippen LogP) is 2.61. The zero-order chi connectivity index (χ0) is 15.1. The monoisotopic (exact) mass is 297 g/mol. The lowest BCUT2D eigenvalue weighted by atomic mass is 10.0. The zero-order valence-corrected chi connectivity index (χ0v) is 12.5. The van der Waals surface area contributed by atoms with Crippen LogP contribution in [0.2, 0.25) is 5.02 Å². The maximum Gasteiger partial charge on any atom is 0.228 e. The SMILES string of the molecule is CCCC(CN)C(=O)Nc1ccc(NC(C)=O)c(Cl)c1. The average molecular weight is 298 g/mol. The van der Waals surface area contributed by atoms with E-state index < -0.39 is 0 Å². The molecule has 1 aromatic rings. The second kappa shape index (κ2) is 7.87. The number of rotatable bonds is 6. The summed E-state index contributed by atoms with van der Waals surface area (Å²) >= 11 is 6.04. The van der Waals surface area contributed by atoms with E-state index >= 15 is 0 Å². The zero-order valence-electron chi connectivity index (χ0n) is 11.7. The maximum absolute atomic E-state index is 12.0. The van der Waals surface area contributed by atoms with Gasteiger partial charge in [-0.3, -0.25) is 9.59 Å². The van der Waals surface area contributed by atoms with Crippen molar-refractivity contribution < 1.29 is 9.59 Å². The van der Waals surface area contributed by atoms with Gasteiger partial charge in [0.05, 0.1) is 16.6 Å². The number of amides is 2. The Kier molecular flexibility index (Phi) is 6.48. The van der Waals surface area contributed by atoms with Crippen LogP contribution < -0.4 is 16.4 Å². The highest BCUT2D eigenvalue weighted by molar-refractivity contribution is 6.34. The van der Waals surface area contributed by atoms with E-state index in [9.17, 15) is 9.59 Å². The fraction of sp³-hybridized carbons (Fsp3) is 0.429. The number of carbonyl (C=O) groups is 2. The topological polar surface area (TPSA) is 84.2 Å². The van der Waals surface area contributed by atoms with Crippen molar-refractivity contribution in [3.05, 3.63) is 23.2 Å². The van der Waals surface area contributed by atoms with E-state index in [-0.39, 0.29) is 17.7 Å². The second-order valence-corrected chi connectivity index (χ2v) is 4.99. The summed E-state index contributed by atoms with van der Waals surface area (Å²) < 4.78 is 0. The highest BCUT2D eigenvalue weighted by Gasteiger charge is 2.16. The summed E-state index contributed by atoms with van der Waals surface area (Å²) in [4.78, 5) is 23.0.